The maximum atomic E-state index is 13.2. The highest BCUT2D eigenvalue weighted by molar-refractivity contribution is 6.23. The SMILES string of the molecule is CCc1ccc(N2C(=O)C[C@H](N(Cc3ccc(OC)cc3)C(=O)/C=C/C(=O)[O-])C2=O)cc1. The maximum Gasteiger partial charge on any atom is 0.257 e. The van der Waals surface area contributed by atoms with Crippen LogP contribution in [0.5, 0.6) is 5.75 Å². The number of aryl methyl sites for hydroxylation is 1. The van der Waals surface area contributed by atoms with E-state index in [1.807, 2.05) is 19.1 Å². The summed E-state index contributed by atoms with van der Waals surface area (Å²) in [5, 5.41) is 10.8. The highest BCUT2D eigenvalue weighted by Gasteiger charge is 2.44. The molecule has 0 spiro atoms. The van der Waals surface area contributed by atoms with E-state index in [2.05, 4.69) is 0 Å². The van der Waals surface area contributed by atoms with E-state index in [1.165, 1.54) is 12.0 Å². The van der Waals surface area contributed by atoms with Crippen molar-refractivity contribution in [2.45, 2.75) is 32.4 Å². The van der Waals surface area contributed by atoms with Crippen LogP contribution in [0.2, 0.25) is 0 Å². The molecule has 1 aliphatic heterocycles. The van der Waals surface area contributed by atoms with Gasteiger partial charge in [0, 0.05) is 12.6 Å². The molecule has 0 radical (unpaired) electrons. The number of rotatable bonds is 8. The molecule has 1 atom stereocenters. The number of hydrogen-bond donors (Lipinski definition) is 0. The van der Waals surface area contributed by atoms with Gasteiger partial charge >= 0.3 is 0 Å². The van der Waals surface area contributed by atoms with E-state index in [0.29, 0.717) is 23.1 Å². The minimum Gasteiger partial charge on any atom is -0.545 e. The first kappa shape index (κ1) is 22.7. The number of imide groups is 1. The third-order valence-electron chi connectivity index (χ3n) is 5.26. The quantitative estimate of drug-likeness (QED) is 0.456. The molecule has 0 aliphatic carbocycles. The van der Waals surface area contributed by atoms with E-state index < -0.39 is 29.7 Å². The lowest BCUT2D eigenvalue weighted by Gasteiger charge is -2.27. The van der Waals surface area contributed by atoms with Crippen molar-refractivity contribution in [1.29, 1.82) is 0 Å². The Balaban J connectivity index is 1.90. The topological polar surface area (TPSA) is 107 Å². The summed E-state index contributed by atoms with van der Waals surface area (Å²) in [5.74, 6) is -2.59. The van der Waals surface area contributed by atoms with Gasteiger partial charge in [0.05, 0.1) is 25.2 Å². The summed E-state index contributed by atoms with van der Waals surface area (Å²) < 4.78 is 5.13. The summed E-state index contributed by atoms with van der Waals surface area (Å²) in [4.78, 5) is 51.7. The molecule has 2 aromatic carbocycles. The van der Waals surface area contributed by atoms with E-state index in [9.17, 15) is 24.3 Å². The van der Waals surface area contributed by atoms with Gasteiger partial charge in [-0.2, -0.15) is 0 Å². The average Bonchev–Trinajstić information content (AvgIpc) is 3.09. The monoisotopic (exact) mass is 435 g/mol. The molecule has 3 amide bonds. The number of carboxylic acids is 1. The molecule has 1 fully saturated rings. The van der Waals surface area contributed by atoms with Gasteiger partial charge in [-0.25, -0.2) is 4.90 Å². The zero-order valence-corrected chi connectivity index (χ0v) is 17.8. The number of benzene rings is 2. The van der Waals surface area contributed by atoms with Crippen molar-refractivity contribution in [3.05, 3.63) is 71.8 Å². The van der Waals surface area contributed by atoms with Crippen molar-refractivity contribution in [3.8, 4) is 5.75 Å². The molecule has 32 heavy (non-hydrogen) atoms. The molecule has 1 saturated heterocycles. The molecular formula is C24H23N2O6-. The molecule has 8 heteroatoms. The van der Waals surface area contributed by atoms with Crippen LogP contribution in [0.25, 0.3) is 0 Å². The van der Waals surface area contributed by atoms with Crippen molar-refractivity contribution in [3.63, 3.8) is 0 Å². The lowest BCUT2D eigenvalue weighted by atomic mass is 10.1. The molecule has 0 aromatic heterocycles. The van der Waals surface area contributed by atoms with Crippen molar-refractivity contribution in [1.82, 2.24) is 4.90 Å². The second-order valence-corrected chi connectivity index (χ2v) is 7.27. The molecular weight excluding hydrogens is 412 g/mol. The zero-order chi connectivity index (χ0) is 23.3. The van der Waals surface area contributed by atoms with Crippen LogP contribution >= 0.6 is 0 Å². The fourth-order valence-electron chi connectivity index (χ4n) is 3.52. The number of ether oxygens (including phenoxy) is 1. The lowest BCUT2D eigenvalue weighted by molar-refractivity contribution is -0.297. The third-order valence-corrected chi connectivity index (χ3v) is 5.26. The number of aliphatic carboxylic acids is 1. The standard InChI is InChI=1S/C24H24N2O6/c1-3-16-4-8-18(9-5-16)26-22(28)14-20(24(26)31)25(21(27)12-13-23(29)30)15-17-6-10-19(32-2)11-7-17/h4-13,20H,3,14-15H2,1-2H3,(H,29,30)/p-1/b13-12+/t20-/m0/s1. The maximum absolute atomic E-state index is 13.2. The first-order chi connectivity index (χ1) is 15.3. The van der Waals surface area contributed by atoms with Crippen LogP contribution in [0.1, 0.15) is 24.5 Å². The molecule has 0 N–H and O–H groups in total. The van der Waals surface area contributed by atoms with Crippen molar-refractivity contribution in [2.75, 3.05) is 12.0 Å². The second kappa shape index (κ2) is 9.91. The van der Waals surface area contributed by atoms with Gasteiger partial charge in [0.1, 0.15) is 11.8 Å². The zero-order valence-electron chi connectivity index (χ0n) is 17.8. The normalized spacial score (nSPS) is 15.9. The van der Waals surface area contributed by atoms with E-state index in [0.717, 1.165) is 23.0 Å². The molecule has 166 valence electrons. The molecule has 1 heterocycles. The highest BCUT2D eigenvalue weighted by Crippen LogP contribution is 2.27. The Morgan fingerprint density at radius 3 is 2.25 bits per heavy atom. The summed E-state index contributed by atoms with van der Waals surface area (Å²) in [6.07, 6.45) is 2.05. The summed E-state index contributed by atoms with van der Waals surface area (Å²) >= 11 is 0. The van der Waals surface area contributed by atoms with E-state index in [-0.39, 0.29) is 13.0 Å². The van der Waals surface area contributed by atoms with Crippen LogP contribution in [0.4, 0.5) is 5.69 Å². The molecule has 0 unspecified atom stereocenters. The first-order valence-corrected chi connectivity index (χ1v) is 10.1. The number of carbonyl (C=O) groups is 4. The van der Waals surface area contributed by atoms with Gasteiger partial charge in [-0.1, -0.05) is 31.2 Å². The Bertz CT molecular complexity index is 1040. The number of hydrogen-bond acceptors (Lipinski definition) is 6. The van der Waals surface area contributed by atoms with Gasteiger partial charge in [0.25, 0.3) is 5.91 Å². The molecule has 0 saturated carbocycles. The van der Waals surface area contributed by atoms with Gasteiger partial charge in [0.15, 0.2) is 0 Å². The smallest absolute Gasteiger partial charge is 0.257 e. The van der Waals surface area contributed by atoms with Gasteiger partial charge in [-0.15, -0.1) is 0 Å². The number of nitrogens with zero attached hydrogens (tertiary/aromatic N) is 2. The Kier molecular flexibility index (Phi) is 7.04. The number of amides is 3. The van der Waals surface area contributed by atoms with Crippen LogP contribution in [-0.4, -0.2) is 41.7 Å². The Hall–Kier alpha value is -3.94. The van der Waals surface area contributed by atoms with Gasteiger partial charge < -0.3 is 19.5 Å². The van der Waals surface area contributed by atoms with E-state index in [4.69, 9.17) is 4.74 Å². The number of anilines is 1. The van der Waals surface area contributed by atoms with Crippen LogP contribution in [0.15, 0.2) is 60.7 Å². The van der Waals surface area contributed by atoms with E-state index in [1.54, 1.807) is 36.4 Å². The van der Waals surface area contributed by atoms with E-state index >= 15 is 0 Å². The van der Waals surface area contributed by atoms with Gasteiger partial charge in [-0.05, 0) is 47.9 Å². The molecule has 0 bridgehead atoms. The molecule has 1 aliphatic rings. The van der Waals surface area contributed by atoms with Gasteiger partial charge in [-0.3, -0.25) is 14.4 Å². The highest BCUT2D eigenvalue weighted by atomic mass is 16.5. The minimum atomic E-state index is -1.53. The third kappa shape index (κ3) is 5.03. The summed E-state index contributed by atoms with van der Waals surface area (Å²) in [5.41, 5.74) is 2.18. The molecule has 2 aromatic rings. The lowest BCUT2D eigenvalue weighted by Crippen LogP contribution is -2.44. The summed E-state index contributed by atoms with van der Waals surface area (Å²) in [7, 11) is 1.53. The first-order valence-electron chi connectivity index (χ1n) is 10.1. The van der Waals surface area contributed by atoms with Crippen LogP contribution in [-0.2, 0) is 32.1 Å². The van der Waals surface area contributed by atoms with Gasteiger partial charge in [0.2, 0.25) is 11.8 Å². The minimum absolute atomic E-state index is 0.00646. The summed E-state index contributed by atoms with van der Waals surface area (Å²) in [6, 6.07) is 12.9. The van der Waals surface area contributed by atoms with Crippen LogP contribution in [0.3, 0.4) is 0 Å². The number of carbonyl (C=O) groups excluding carboxylic acids is 4. The van der Waals surface area contributed by atoms with Crippen LogP contribution < -0.4 is 14.7 Å². The number of methoxy groups -OCH3 is 1. The number of carboxylic acid groups (broad SMARTS) is 1. The predicted octanol–water partition coefficient (Wildman–Crippen LogP) is 1.22. The molecule has 8 nitrogen and oxygen atoms in total. The molecule has 3 rings (SSSR count). The average molecular weight is 435 g/mol. The van der Waals surface area contributed by atoms with Crippen molar-refractivity contribution >= 4 is 29.4 Å². The predicted molar refractivity (Wildman–Crippen MR) is 114 cm³/mol. The van der Waals surface area contributed by atoms with Crippen LogP contribution in [0, 0.1) is 0 Å². The fraction of sp³-hybridized carbons (Fsp3) is 0.250. The Morgan fingerprint density at radius 2 is 1.69 bits per heavy atom. The van der Waals surface area contributed by atoms with Crippen molar-refractivity contribution in [2.24, 2.45) is 0 Å². The Labute approximate surface area is 185 Å². The Morgan fingerprint density at radius 1 is 1.06 bits per heavy atom. The fourth-order valence-corrected chi connectivity index (χ4v) is 3.52. The summed E-state index contributed by atoms with van der Waals surface area (Å²) in [6.45, 7) is 2.01. The second-order valence-electron chi connectivity index (χ2n) is 7.27. The van der Waals surface area contributed by atoms with Crippen molar-refractivity contribution < 1.29 is 29.0 Å². The largest absolute Gasteiger partial charge is 0.545 e.